The molecule has 4 unspecified atom stereocenters. The molecular formula is C9H19P. The third-order valence-electron chi connectivity index (χ3n) is 2.92. The molecule has 0 nitrogen and oxygen atoms in total. The fourth-order valence-electron chi connectivity index (χ4n) is 1.90. The number of rotatable bonds is 1. The summed E-state index contributed by atoms with van der Waals surface area (Å²) in [5.41, 5.74) is 0.905. The second-order valence-electron chi connectivity index (χ2n) is 3.73. The third-order valence-corrected chi connectivity index (χ3v) is 3.91. The van der Waals surface area contributed by atoms with Gasteiger partial charge in [-0.2, -0.15) is 0 Å². The van der Waals surface area contributed by atoms with Gasteiger partial charge in [-0.05, 0) is 36.8 Å². The van der Waals surface area contributed by atoms with Crippen LogP contribution < -0.4 is 0 Å². The zero-order valence-corrected chi connectivity index (χ0v) is 8.29. The summed E-state index contributed by atoms with van der Waals surface area (Å²) in [4.78, 5) is 0. The summed E-state index contributed by atoms with van der Waals surface area (Å²) in [6.45, 7) is 4.71. The highest BCUT2D eigenvalue weighted by atomic mass is 31.0. The van der Waals surface area contributed by atoms with Crippen LogP contribution in [-0.2, 0) is 0 Å². The highest BCUT2D eigenvalue weighted by Crippen LogP contribution is 2.34. The Balaban J connectivity index is 2.33. The topological polar surface area (TPSA) is 0 Å². The SMILES string of the molecule is CCC1CCC(P)C(C)C1. The summed E-state index contributed by atoms with van der Waals surface area (Å²) in [6.07, 6.45) is 5.76. The van der Waals surface area contributed by atoms with Crippen LogP contribution in [0, 0.1) is 11.8 Å². The Labute approximate surface area is 67.0 Å². The summed E-state index contributed by atoms with van der Waals surface area (Å²) in [7, 11) is 2.98. The van der Waals surface area contributed by atoms with E-state index in [2.05, 4.69) is 23.1 Å². The lowest BCUT2D eigenvalue weighted by Crippen LogP contribution is -2.22. The molecule has 1 aliphatic carbocycles. The van der Waals surface area contributed by atoms with Gasteiger partial charge in [0.15, 0.2) is 0 Å². The van der Waals surface area contributed by atoms with Crippen molar-refractivity contribution >= 4 is 9.24 Å². The molecule has 60 valence electrons. The van der Waals surface area contributed by atoms with E-state index >= 15 is 0 Å². The molecule has 0 spiro atoms. The molecule has 0 amide bonds. The van der Waals surface area contributed by atoms with Crippen molar-refractivity contribution in [1.29, 1.82) is 0 Å². The first-order valence-electron chi connectivity index (χ1n) is 4.49. The van der Waals surface area contributed by atoms with Gasteiger partial charge < -0.3 is 0 Å². The Hall–Kier alpha value is 0.430. The standard InChI is InChI=1S/C9H19P/c1-3-8-4-5-9(10)7(2)6-8/h7-9H,3-6,10H2,1-2H3. The minimum atomic E-state index is 0.905. The maximum atomic E-state index is 2.98. The predicted octanol–water partition coefficient (Wildman–Crippen LogP) is 3.08. The van der Waals surface area contributed by atoms with Crippen LogP contribution in [0.15, 0.2) is 0 Å². The van der Waals surface area contributed by atoms with Crippen molar-refractivity contribution in [1.82, 2.24) is 0 Å². The largest absolute Gasteiger partial charge is 0.134 e. The van der Waals surface area contributed by atoms with E-state index in [1.54, 1.807) is 0 Å². The van der Waals surface area contributed by atoms with Crippen LogP contribution in [0.2, 0.25) is 0 Å². The monoisotopic (exact) mass is 158 g/mol. The van der Waals surface area contributed by atoms with Crippen LogP contribution in [0.3, 0.4) is 0 Å². The van der Waals surface area contributed by atoms with Gasteiger partial charge in [0.1, 0.15) is 0 Å². The van der Waals surface area contributed by atoms with Crippen molar-refractivity contribution in [2.45, 2.75) is 45.2 Å². The Morgan fingerprint density at radius 1 is 1.40 bits per heavy atom. The molecule has 0 heterocycles. The lowest BCUT2D eigenvalue weighted by molar-refractivity contribution is 0.284. The molecule has 0 aliphatic heterocycles. The van der Waals surface area contributed by atoms with Crippen molar-refractivity contribution in [3.05, 3.63) is 0 Å². The average molecular weight is 158 g/mol. The van der Waals surface area contributed by atoms with Gasteiger partial charge in [0.2, 0.25) is 0 Å². The molecule has 0 bridgehead atoms. The second kappa shape index (κ2) is 3.72. The first-order chi connectivity index (χ1) is 4.74. The summed E-state index contributed by atoms with van der Waals surface area (Å²) in [5, 5.41) is 0. The molecular weight excluding hydrogens is 139 g/mol. The fraction of sp³-hybridized carbons (Fsp3) is 1.00. The Morgan fingerprint density at radius 3 is 2.60 bits per heavy atom. The van der Waals surface area contributed by atoms with Gasteiger partial charge in [0, 0.05) is 0 Å². The second-order valence-corrected chi connectivity index (χ2v) is 4.58. The van der Waals surface area contributed by atoms with Gasteiger partial charge in [-0.25, -0.2) is 0 Å². The summed E-state index contributed by atoms with van der Waals surface area (Å²) in [5.74, 6) is 1.98. The van der Waals surface area contributed by atoms with E-state index in [1.165, 1.54) is 25.7 Å². The van der Waals surface area contributed by atoms with Gasteiger partial charge in [0.25, 0.3) is 0 Å². The Kier molecular flexibility index (Phi) is 3.17. The molecule has 1 rings (SSSR count). The van der Waals surface area contributed by atoms with E-state index in [0.717, 1.165) is 17.5 Å². The van der Waals surface area contributed by atoms with E-state index in [-0.39, 0.29) is 0 Å². The first-order valence-corrected chi connectivity index (χ1v) is 5.16. The average Bonchev–Trinajstić information content (AvgIpc) is 1.95. The van der Waals surface area contributed by atoms with Gasteiger partial charge in [0.05, 0.1) is 0 Å². The van der Waals surface area contributed by atoms with Gasteiger partial charge in [-0.3, -0.25) is 0 Å². The fourth-order valence-corrected chi connectivity index (χ4v) is 2.25. The molecule has 1 heteroatoms. The van der Waals surface area contributed by atoms with Crippen LogP contribution >= 0.6 is 9.24 Å². The minimum Gasteiger partial charge on any atom is -0.134 e. The van der Waals surface area contributed by atoms with E-state index in [4.69, 9.17) is 0 Å². The first kappa shape index (κ1) is 8.53. The van der Waals surface area contributed by atoms with Gasteiger partial charge in [-0.1, -0.05) is 20.3 Å². The van der Waals surface area contributed by atoms with E-state index in [0.29, 0.717) is 0 Å². The van der Waals surface area contributed by atoms with Crippen molar-refractivity contribution in [2.75, 3.05) is 0 Å². The van der Waals surface area contributed by atoms with E-state index < -0.39 is 0 Å². The van der Waals surface area contributed by atoms with E-state index in [9.17, 15) is 0 Å². The molecule has 0 aromatic carbocycles. The van der Waals surface area contributed by atoms with Crippen LogP contribution in [-0.4, -0.2) is 5.66 Å². The molecule has 0 N–H and O–H groups in total. The molecule has 1 aliphatic rings. The summed E-state index contributed by atoms with van der Waals surface area (Å²) < 4.78 is 0. The minimum absolute atomic E-state index is 0.905. The van der Waals surface area contributed by atoms with Crippen molar-refractivity contribution in [3.8, 4) is 0 Å². The van der Waals surface area contributed by atoms with Crippen LogP contribution in [0.25, 0.3) is 0 Å². The smallest absolute Gasteiger partial charge is 0.0238 e. The van der Waals surface area contributed by atoms with Crippen LogP contribution in [0.5, 0.6) is 0 Å². The summed E-state index contributed by atoms with van der Waals surface area (Å²) in [6, 6.07) is 0. The maximum absolute atomic E-state index is 2.98. The van der Waals surface area contributed by atoms with Crippen molar-refractivity contribution in [3.63, 3.8) is 0 Å². The predicted molar refractivity (Wildman–Crippen MR) is 50.3 cm³/mol. The van der Waals surface area contributed by atoms with Crippen LogP contribution in [0.4, 0.5) is 0 Å². The molecule has 4 atom stereocenters. The molecule has 0 saturated heterocycles. The molecule has 10 heavy (non-hydrogen) atoms. The molecule has 0 aromatic rings. The third kappa shape index (κ3) is 1.95. The molecule has 1 fully saturated rings. The van der Waals surface area contributed by atoms with Gasteiger partial charge >= 0.3 is 0 Å². The lowest BCUT2D eigenvalue weighted by Gasteiger charge is -2.31. The van der Waals surface area contributed by atoms with E-state index in [1.807, 2.05) is 0 Å². The van der Waals surface area contributed by atoms with Crippen molar-refractivity contribution < 1.29 is 0 Å². The maximum Gasteiger partial charge on any atom is -0.0238 e. The zero-order chi connectivity index (χ0) is 7.56. The zero-order valence-electron chi connectivity index (χ0n) is 7.14. The number of hydrogen-bond donors (Lipinski definition) is 0. The highest BCUT2D eigenvalue weighted by molar-refractivity contribution is 7.17. The quantitative estimate of drug-likeness (QED) is 0.514. The molecule has 0 radical (unpaired) electrons. The van der Waals surface area contributed by atoms with Crippen LogP contribution in [0.1, 0.15) is 39.5 Å². The van der Waals surface area contributed by atoms with Gasteiger partial charge in [-0.15, -0.1) is 9.24 Å². The Bertz CT molecular complexity index is 101. The Morgan fingerprint density at radius 2 is 2.10 bits per heavy atom. The summed E-state index contributed by atoms with van der Waals surface area (Å²) >= 11 is 0. The lowest BCUT2D eigenvalue weighted by atomic mass is 9.81. The highest BCUT2D eigenvalue weighted by Gasteiger charge is 2.22. The normalized spacial score (nSPS) is 41.7. The number of hydrogen-bond acceptors (Lipinski definition) is 0. The van der Waals surface area contributed by atoms with Crippen molar-refractivity contribution in [2.24, 2.45) is 11.8 Å². The molecule has 0 aromatic heterocycles. The molecule has 1 saturated carbocycles.